The van der Waals surface area contributed by atoms with Gasteiger partial charge in [0.05, 0.1) is 6.54 Å². The highest BCUT2D eigenvalue weighted by atomic mass is 19.1. The van der Waals surface area contributed by atoms with Crippen LogP contribution in [0.1, 0.15) is 5.56 Å². The number of urea groups is 1. The van der Waals surface area contributed by atoms with Crippen molar-refractivity contribution >= 4 is 12.0 Å². The first-order valence-corrected chi connectivity index (χ1v) is 5.83. The van der Waals surface area contributed by atoms with Crippen molar-refractivity contribution < 1.29 is 19.1 Å². The quantitative estimate of drug-likeness (QED) is 0.828. The van der Waals surface area contributed by atoms with Gasteiger partial charge in [-0.1, -0.05) is 18.1 Å². The van der Waals surface area contributed by atoms with Crippen LogP contribution < -0.4 is 0 Å². The Kier molecular flexibility index (Phi) is 5.54. The van der Waals surface area contributed by atoms with E-state index in [-0.39, 0.29) is 18.9 Å². The van der Waals surface area contributed by atoms with E-state index in [1.165, 1.54) is 24.1 Å². The molecule has 20 heavy (non-hydrogen) atoms. The lowest BCUT2D eigenvalue weighted by Gasteiger charge is -2.25. The zero-order chi connectivity index (χ0) is 15.1. The fourth-order valence-electron chi connectivity index (χ4n) is 1.64. The minimum Gasteiger partial charge on any atom is -0.480 e. The Balaban J connectivity index is 2.71. The molecule has 0 atom stereocenters. The average molecular weight is 278 g/mol. The molecule has 1 aromatic rings. The number of hydrogen-bond acceptors (Lipinski definition) is 2. The van der Waals surface area contributed by atoms with Crippen LogP contribution >= 0.6 is 0 Å². The summed E-state index contributed by atoms with van der Waals surface area (Å²) in [5.74, 6) is 0.752. The molecule has 0 saturated carbocycles. The van der Waals surface area contributed by atoms with Crippen molar-refractivity contribution in [2.75, 3.05) is 20.1 Å². The molecule has 0 spiro atoms. The van der Waals surface area contributed by atoms with Gasteiger partial charge in [0, 0.05) is 13.6 Å². The molecule has 5 nitrogen and oxygen atoms in total. The van der Waals surface area contributed by atoms with Crippen LogP contribution in [-0.2, 0) is 11.3 Å². The third-order valence-corrected chi connectivity index (χ3v) is 2.54. The molecule has 106 valence electrons. The molecule has 0 aliphatic carbocycles. The molecule has 2 amide bonds. The summed E-state index contributed by atoms with van der Waals surface area (Å²) >= 11 is 0. The van der Waals surface area contributed by atoms with Gasteiger partial charge in [0.15, 0.2) is 0 Å². The minimum absolute atomic E-state index is 0.0844. The fourth-order valence-corrected chi connectivity index (χ4v) is 1.64. The van der Waals surface area contributed by atoms with Gasteiger partial charge in [-0.3, -0.25) is 4.79 Å². The second-order valence-corrected chi connectivity index (χ2v) is 4.22. The Morgan fingerprint density at radius 2 is 1.95 bits per heavy atom. The van der Waals surface area contributed by atoms with Crippen LogP contribution in [0.15, 0.2) is 24.3 Å². The van der Waals surface area contributed by atoms with Gasteiger partial charge >= 0.3 is 12.0 Å². The highest BCUT2D eigenvalue weighted by Crippen LogP contribution is 2.07. The first-order chi connectivity index (χ1) is 9.43. The molecular weight excluding hydrogens is 263 g/mol. The van der Waals surface area contributed by atoms with Gasteiger partial charge in [-0.15, -0.1) is 6.42 Å². The maximum atomic E-state index is 12.8. The smallest absolute Gasteiger partial charge is 0.323 e. The molecule has 0 aliphatic heterocycles. The Morgan fingerprint density at radius 3 is 2.45 bits per heavy atom. The van der Waals surface area contributed by atoms with Crippen molar-refractivity contribution in [3.05, 3.63) is 35.6 Å². The van der Waals surface area contributed by atoms with Crippen LogP contribution in [0.4, 0.5) is 9.18 Å². The second kappa shape index (κ2) is 7.14. The lowest BCUT2D eigenvalue weighted by molar-refractivity contribution is -0.137. The summed E-state index contributed by atoms with van der Waals surface area (Å²) in [6.45, 7) is -0.310. The zero-order valence-electron chi connectivity index (χ0n) is 11.0. The first-order valence-electron chi connectivity index (χ1n) is 5.83. The Labute approximate surface area is 116 Å². The second-order valence-electron chi connectivity index (χ2n) is 4.22. The number of aliphatic carboxylic acids is 1. The first kappa shape index (κ1) is 15.5. The minimum atomic E-state index is -1.14. The van der Waals surface area contributed by atoms with E-state index < -0.39 is 18.5 Å². The number of terminal acetylenes is 1. The maximum Gasteiger partial charge on any atom is 0.323 e. The maximum absolute atomic E-state index is 12.8. The number of benzene rings is 1. The van der Waals surface area contributed by atoms with E-state index in [0.29, 0.717) is 0 Å². The van der Waals surface area contributed by atoms with Crippen molar-refractivity contribution in [2.24, 2.45) is 0 Å². The molecule has 0 aliphatic rings. The molecule has 0 saturated heterocycles. The van der Waals surface area contributed by atoms with Gasteiger partial charge in [0.2, 0.25) is 0 Å². The Morgan fingerprint density at radius 1 is 1.35 bits per heavy atom. The van der Waals surface area contributed by atoms with Crippen LogP contribution in [0.5, 0.6) is 0 Å². The highest BCUT2D eigenvalue weighted by Gasteiger charge is 2.19. The lowest BCUT2D eigenvalue weighted by atomic mass is 10.2. The molecule has 6 heteroatoms. The highest BCUT2D eigenvalue weighted by molar-refractivity contribution is 5.80. The molecule has 0 aromatic heterocycles. The fraction of sp³-hybridized carbons (Fsp3) is 0.286. The predicted octanol–water partition coefficient (Wildman–Crippen LogP) is 1.40. The summed E-state index contributed by atoms with van der Waals surface area (Å²) < 4.78 is 12.8. The van der Waals surface area contributed by atoms with Crippen molar-refractivity contribution in [3.63, 3.8) is 0 Å². The van der Waals surface area contributed by atoms with E-state index >= 15 is 0 Å². The molecule has 0 bridgehead atoms. The molecule has 1 rings (SSSR count). The molecule has 0 heterocycles. The number of nitrogens with zero attached hydrogens (tertiary/aromatic N) is 2. The number of amides is 2. The van der Waals surface area contributed by atoms with E-state index in [1.807, 2.05) is 0 Å². The normalized spacial score (nSPS) is 9.65. The van der Waals surface area contributed by atoms with Gasteiger partial charge < -0.3 is 14.9 Å². The standard InChI is InChI=1S/C14H15FN2O3/c1-3-8-17(10-13(18)19)14(20)16(2)9-11-4-6-12(15)7-5-11/h1,4-7H,8-10H2,2H3,(H,18,19). The average Bonchev–Trinajstić information content (AvgIpc) is 2.39. The predicted molar refractivity (Wildman–Crippen MR) is 71.3 cm³/mol. The number of halogens is 1. The summed E-state index contributed by atoms with van der Waals surface area (Å²) in [7, 11) is 1.52. The topological polar surface area (TPSA) is 60.9 Å². The number of rotatable bonds is 5. The van der Waals surface area contributed by atoms with Gasteiger partial charge in [-0.25, -0.2) is 9.18 Å². The van der Waals surface area contributed by atoms with Crippen LogP contribution in [0.2, 0.25) is 0 Å². The van der Waals surface area contributed by atoms with Gasteiger partial charge in [-0.05, 0) is 17.7 Å². The monoisotopic (exact) mass is 278 g/mol. The number of carbonyl (C=O) groups excluding carboxylic acids is 1. The van der Waals surface area contributed by atoms with Crippen molar-refractivity contribution in [2.45, 2.75) is 6.54 Å². The van der Waals surface area contributed by atoms with Crippen molar-refractivity contribution in [1.29, 1.82) is 0 Å². The lowest BCUT2D eigenvalue weighted by Crippen LogP contribution is -2.43. The van der Waals surface area contributed by atoms with Gasteiger partial charge in [0.25, 0.3) is 0 Å². The van der Waals surface area contributed by atoms with Crippen molar-refractivity contribution in [1.82, 2.24) is 9.80 Å². The van der Waals surface area contributed by atoms with E-state index in [0.717, 1.165) is 10.5 Å². The molecular formula is C14H15FN2O3. The van der Waals surface area contributed by atoms with E-state index in [1.54, 1.807) is 12.1 Å². The zero-order valence-corrected chi connectivity index (χ0v) is 11.0. The van der Waals surface area contributed by atoms with Crippen molar-refractivity contribution in [3.8, 4) is 12.3 Å². The molecule has 0 radical (unpaired) electrons. The summed E-state index contributed by atoms with van der Waals surface area (Å²) in [4.78, 5) is 25.1. The number of carboxylic acids is 1. The molecule has 1 aromatic carbocycles. The van der Waals surface area contributed by atoms with E-state index in [2.05, 4.69) is 5.92 Å². The van der Waals surface area contributed by atoms with Crippen LogP contribution in [0.3, 0.4) is 0 Å². The van der Waals surface area contributed by atoms with Gasteiger partial charge in [0.1, 0.15) is 12.4 Å². The SMILES string of the molecule is C#CCN(CC(=O)O)C(=O)N(C)Cc1ccc(F)cc1. The largest absolute Gasteiger partial charge is 0.480 e. The third-order valence-electron chi connectivity index (χ3n) is 2.54. The molecule has 0 fully saturated rings. The van der Waals surface area contributed by atoms with Gasteiger partial charge in [-0.2, -0.15) is 0 Å². The van der Waals surface area contributed by atoms with Crippen LogP contribution in [-0.4, -0.2) is 47.0 Å². The molecule has 0 unspecified atom stereocenters. The number of carbonyl (C=O) groups is 2. The number of hydrogen-bond donors (Lipinski definition) is 1. The Bertz CT molecular complexity index is 522. The van der Waals surface area contributed by atoms with Crippen LogP contribution in [0.25, 0.3) is 0 Å². The summed E-state index contributed by atoms with van der Waals surface area (Å²) in [6.07, 6.45) is 5.12. The van der Waals surface area contributed by atoms with E-state index in [4.69, 9.17) is 11.5 Å². The summed E-state index contributed by atoms with van der Waals surface area (Å²) in [5, 5.41) is 8.74. The summed E-state index contributed by atoms with van der Waals surface area (Å²) in [5.41, 5.74) is 0.734. The van der Waals surface area contributed by atoms with E-state index in [9.17, 15) is 14.0 Å². The summed E-state index contributed by atoms with van der Waals surface area (Å²) in [6, 6.07) is 5.22. The number of carboxylic acid groups (broad SMARTS) is 1. The van der Waals surface area contributed by atoms with Crippen LogP contribution in [0, 0.1) is 18.2 Å². The molecule has 1 N–H and O–H groups in total. The Hall–Kier alpha value is -2.55. The third kappa shape index (κ3) is 4.61.